The second-order valence-electron chi connectivity index (χ2n) is 21.1. The zero-order valence-corrected chi connectivity index (χ0v) is 40.1. The van der Waals surface area contributed by atoms with Crippen molar-refractivity contribution in [3.05, 3.63) is 280 Å². The molecule has 2 spiro atoms. The van der Waals surface area contributed by atoms with E-state index in [1.807, 2.05) is 12.4 Å². The van der Waals surface area contributed by atoms with Crippen molar-refractivity contribution in [1.82, 2.24) is 14.5 Å². The van der Waals surface area contributed by atoms with Gasteiger partial charge in [-0.05, 0) is 139 Å². The second kappa shape index (κ2) is 13.6. The topological polar surface area (TPSA) is 43.9 Å². The molecule has 0 fully saturated rings. The van der Waals surface area contributed by atoms with Crippen LogP contribution in [0.1, 0.15) is 69.5 Å². The molecule has 4 heterocycles. The molecule has 17 rings (SSSR count). The molecular formula is C69H43N3O. The van der Waals surface area contributed by atoms with Crippen LogP contribution in [0.2, 0.25) is 0 Å². The van der Waals surface area contributed by atoms with Crippen molar-refractivity contribution in [2.45, 2.75) is 30.1 Å². The zero-order valence-electron chi connectivity index (χ0n) is 40.1. The number of pyridine rings is 2. The van der Waals surface area contributed by atoms with Crippen LogP contribution in [0.4, 0.5) is 0 Å². The van der Waals surface area contributed by atoms with Gasteiger partial charge in [-0.1, -0.05) is 166 Å². The van der Waals surface area contributed by atoms with Crippen molar-refractivity contribution in [3.8, 4) is 50.5 Å². The fourth-order valence-corrected chi connectivity index (χ4v) is 14.7. The highest BCUT2D eigenvalue weighted by Gasteiger charge is 2.58. The van der Waals surface area contributed by atoms with Gasteiger partial charge in [0.05, 0.1) is 38.6 Å². The normalized spacial score (nSPS) is 16.6. The summed E-state index contributed by atoms with van der Waals surface area (Å²) in [7, 11) is 0. The first-order valence-electron chi connectivity index (χ1n) is 25.5. The van der Waals surface area contributed by atoms with Crippen molar-refractivity contribution in [1.29, 1.82) is 0 Å². The first-order chi connectivity index (χ1) is 36.0. The van der Waals surface area contributed by atoms with E-state index in [4.69, 9.17) is 14.4 Å². The fraction of sp³-hybridized carbons (Fsp3) is 0.0725. The molecule has 0 N–H and O–H groups in total. The Kier molecular flexibility index (Phi) is 7.39. The number of fused-ring (bicyclic) bond motifs is 26. The zero-order chi connectivity index (χ0) is 48.0. The fourth-order valence-electron chi connectivity index (χ4n) is 14.7. The lowest BCUT2D eigenvalue weighted by atomic mass is 9.55. The summed E-state index contributed by atoms with van der Waals surface area (Å²) in [6, 6.07) is 79.1. The van der Waals surface area contributed by atoms with Gasteiger partial charge < -0.3 is 8.98 Å². The average molecular weight is 930 g/mol. The van der Waals surface area contributed by atoms with Crippen molar-refractivity contribution in [3.63, 3.8) is 0 Å². The van der Waals surface area contributed by atoms with E-state index < -0.39 is 10.8 Å². The number of furan rings is 1. The molecule has 4 nitrogen and oxygen atoms in total. The summed E-state index contributed by atoms with van der Waals surface area (Å²) in [6.07, 6.45) is 3.97. The van der Waals surface area contributed by atoms with Gasteiger partial charge in [-0.15, -0.1) is 0 Å². The lowest BCUT2D eigenvalue weighted by Crippen LogP contribution is -2.41. The third-order valence-electron chi connectivity index (χ3n) is 17.6. The molecule has 0 saturated carbocycles. The number of hydrogen-bond acceptors (Lipinski definition) is 3. The molecule has 1 unspecified atom stereocenters. The molecule has 4 heteroatoms. The Hall–Kier alpha value is -9.12. The summed E-state index contributed by atoms with van der Waals surface area (Å²) in [5.74, 6) is 0. The predicted molar refractivity (Wildman–Crippen MR) is 295 cm³/mol. The van der Waals surface area contributed by atoms with Crippen LogP contribution in [-0.4, -0.2) is 14.5 Å². The van der Waals surface area contributed by atoms with Crippen LogP contribution in [0, 0.1) is 0 Å². The first kappa shape index (κ1) is 39.6. The van der Waals surface area contributed by atoms with E-state index in [2.05, 4.69) is 231 Å². The Morgan fingerprint density at radius 2 is 1.00 bits per heavy atom. The predicted octanol–water partition coefficient (Wildman–Crippen LogP) is 16.5. The summed E-state index contributed by atoms with van der Waals surface area (Å²) in [4.78, 5) is 10.7. The van der Waals surface area contributed by atoms with E-state index in [1.165, 1.54) is 88.6 Å². The third kappa shape index (κ3) is 4.65. The Labute approximate surface area is 421 Å². The average Bonchev–Trinajstić information content (AvgIpc) is 4.22. The van der Waals surface area contributed by atoms with Gasteiger partial charge in [0.25, 0.3) is 0 Å². The molecule has 340 valence electrons. The molecule has 0 saturated heterocycles. The minimum Gasteiger partial charge on any atom is -0.456 e. The highest BCUT2D eigenvalue weighted by Crippen LogP contribution is 2.67. The first-order valence-corrected chi connectivity index (χ1v) is 25.5. The Morgan fingerprint density at radius 1 is 0.384 bits per heavy atom. The second-order valence-corrected chi connectivity index (χ2v) is 21.1. The van der Waals surface area contributed by atoms with E-state index >= 15 is 0 Å². The van der Waals surface area contributed by atoms with E-state index in [1.54, 1.807) is 0 Å². The van der Waals surface area contributed by atoms with Crippen molar-refractivity contribution in [2.75, 3.05) is 0 Å². The SMILES string of the molecule is CC1(C)c2ccccc2C2(c3cc4c(cc31)C1(c3ccccc3-c3ccccc31)c1ccccc1-4)c1cccnc1-c1ncc(-c3ccc4c(c3)oc3ccc5c6ccccc6n(-c6ccccc6)c5c34)cc12. The third-order valence-corrected chi connectivity index (χ3v) is 17.6. The van der Waals surface area contributed by atoms with Gasteiger partial charge in [0, 0.05) is 50.8 Å². The van der Waals surface area contributed by atoms with E-state index in [9.17, 15) is 0 Å². The molecule has 4 aliphatic rings. The van der Waals surface area contributed by atoms with Gasteiger partial charge >= 0.3 is 0 Å². The smallest absolute Gasteiger partial charge is 0.137 e. The van der Waals surface area contributed by atoms with Gasteiger partial charge in [-0.2, -0.15) is 0 Å². The molecule has 1 atom stereocenters. The standard InChI is InChI=1S/C69H43N3O/c1-67(2)53-26-13-14-27-54(53)69(58-37-49-45-21-8-12-25-52(45)68(56(49)38-57(58)67)50-23-10-6-19-43(50)44-20-7-11-24-51(44)68)55-28-16-34-70-64(55)65-59(69)35-41(39-71-65)40-30-31-48-62(36-40)73-61-33-32-47-46-22-9-15-29-60(46)72(66(47)63(48)61)42-17-4-3-5-18-42/h3-39H,1-2H3. The van der Waals surface area contributed by atoms with Crippen LogP contribution in [0.3, 0.4) is 0 Å². The summed E-state index contributed by atoms with van der Waals surface area (Å²) >= 11 is 0. The maximum atomic E-state index is 6.89. The van der Waals surface area contributed by atoms with Gasteiger partial charge in [0.15, 0.2) is 0 Å². The number of benzene rings is 9. The van der Waals surface area contributed by atoms with Crippen molar-refractivity contribution >= 4 is 43.7 Å². The minimum absolute atomic E-state index is 0.347. The summed E-state index contributed by atoms with van der Waals surface area (Å²) < 4.78 is 9.28. The lowest BCUT2D eigenvalue weighted by molar-refractivity contribution is 0.561. The van der Waals surface area contributed by atoms with Crippen LogP contribution >= 0.6 is 0 Å². The molecule has 0 bridgehead atoms. The largest absolute Gasteiger partial charge is 0.456 e. The molecule has 13 aromatic rings. The lowest BCUT2D eigenvalue weighted by Gasteiger charge is -2.47. The Morgan fingerprint density at radius 3 is 1.77 bits per heavy atom. The monoisotopic (exact) mass is 929 g/mol. The van der Waals surface area contributed by atoms with Gasteiger partial charge in [0.1, 0.15) is 11.2 Å². The van der Waals surface area contributed by atoms with E-state index in [0.717, 1.165) is 61.2 Å². The van der Waals surface area contributed by atoms with Gasteiger partial charge in [-0.3, -0.25) is 9.97 Å². The van der Waals surface area contributed by atoms with Gasteiger partial charge in [0.2, 0.25) is 0 Å². The highest BCUT2D eigenvalue weighted by molar-refractivity contribution is 6.24. The number of aromatic nitrogens is 3. The van der Waals surface area contributed by atoms with Gasteiger partial charge in [-0.25, -0.2) is 0 Å². The number of hydrogen-bond donors (Lipinski definition) is 0. The summed E-state index contributed by atoms with van der Waals surface area (Å²) in [6.45, 7) is 4.86. The van der Waals surface area contributed by atoms with Crippen molar-refractivity contribution < 1.29 is 4.42 Å². The molecule has 73 heavy (non-hydrogen) atoms. The van der Waals surface area contributed by atoms with Crippen LogP contribution in [0.25, 0.3) is 94.2 Å². The Bertz CT molecular complexity index is 4560. The number of para-hydroxylation sites is 2. The van der Waals surface area contributed by atoms with Crippen LogP contribution < -0.4 is 0 Å². The molecule has 0 aliphatic heterocycles. The maximum Gasteiger partial charge on any atom is 0.137 e. The minimum atomic E-state index is -0.714. The highest BCUT2D eigenvalue weighted by atomic mass is 16.3. The summed E-state index contributed by atoms with van der Waals surface area (Å²) in [5, 5.41) is 4.63. The van der Waals surface area contributed by atoms with E-state index in [-0.39, 0.29) is 5.41 Å². The molecule has 4 aromatic heterocycles. The Balaban J connectivity index is 0.923. The van der Waals surface area contributed by atoms with Crippen molar-refractivity contribution in [2.24, 2.45) is 0 Å². The maximum absolute atomic E-state index is 6.89. The summed E-state index contributed by atoms with van der Waals surface area (Å²) in [5.41, 5.74) is 25.7. The quantitative estimate of drug-likeness (QED) is 0.173. The molecule has 0 amide bonds. The molecule has 4 aliphatic carbocycles. The van der Waals surface area contributed by atoms with Crippen LogP contribution in [-0.2, 0) is 16.2 Å². The molecular weight excluding hydrogens is 887 g/mol. The number of nitrogens with zero attached hydrogens (tertiary/aromatic N) is 3. The number of rotatable bonds is 2. The molecule has 0 radical (unpaired) electrons. The molecule has 9 aromatic carbocycles. The van der Waals surface area contributed by atoms with E-state index in [0.29, 0.717) is 0 Å². The van der Waals surface area contributed by atoms with Crippen LogP contribution in [0.5, 0.6) is 0 Å². The van der Waals surface area contributed by atoms with Crippen LogP contribution in [0.15, 0.2) is 229 Å².